The van der Waals surface area contributed by atoms with Crippen LogP contribution in [0.25, 0.3) is 0 Å². The Hall–Kier alpha value is -0.830. The molecule has 2 aliphatic rings. The van der Waals surface area contributed by atoms with Gasteiger partial charge in [-0.1, -0.05) is 19.8 Å². The van der Waals surface area contributed by atoms with Crippen LogP contribution in [-0.4, -0.2) is 22.1 Å². The Kier molecular flexibility index (Phi) is 3.92. The molecule has 0 saturated heterocycles. The number of rotatable bonds is 6. The number of aryl methyl sites for hydroxylation is 1. The third-order valence-corrected chi connectivity index (χ3v) is 5.20. The van der Waals surface area contributed by atoms with E-state index in [2.05, 4.69) is 34.9 Å². The van der Waals surface area contributed by atoms with Crippen molar-refractivity contribution in [3.8, 4) is 0 Å². The molecule has 3 unspecified atom stereocenters. The van der Waals surface area contributed by atoms with Gasteiger partial charge < -0.3 is 9.88 Å². The van der Waals surface area contributed by atoms with E-state index in [1.807, 2.05) is 6.20 Å². The van der Waals surface area contributed by atoms with Crippen molar-refractivity contribution in [1.82, 2.24) is 14.9 Å². The summed E-state index contributed by atoms with van der Waals surface area (Å²) in [5.41, 5.74) is 0. The highest BCUT2D eigenvalue weighted by molar-refractivity contribution is 5.08. The Morgan fingerprint density at radius 2 is 2.05 bits per heavy atom. The van der Waals surface area contributed by atoms with Crippen LogP contribution in [0.5, 0.6) is 0 Å². The Balaban J connectivity index is 1.68. The summed E-state index contributed by atoms with van der Waals surface area (Å²) in [6.45, 7) is 6.54. The van der Waals surface area contributed by atoms with Crippen molar-refractivity contribution in [3.63, 3.8) is 0 Å². The number of aromatic nitrogens is 2. The summed E-state index contributed by atoms with van der Waals surface area (Å²) < 4.78 is 2.29. The van der Waals surface area contributed by atoms with E-state index in [1.165, 1.54) is 31.5 Å². The quantitative estimate of drug-likeness (QED) is 0.853. The van der Waals surface area contributed by atoms with Crippen LogP contribution in [0.4, 0.5) is 0 Å². The minimum Gasteiger partial charge on any atom is -0.335 e. The van der Waals surface area contributed by atoms with Crippen LogP contribution in [0.1, 0.15) is 45.4 Å². The van der Waals surface area contributed by atoms with Crippen LogP contribution in [0, 0.1) is 17.8 Å². The first kappa shape index (κ1) is 13.2. The summed E-state index contributed by atoms with van der Waals surface area (Å²) in [5, 5.41) is 3.74. The maximum Gasteiger partial charge on any atom is 0.110 e. The summed E-state index contributed by atoms with van der Waals surface area (Å²) >= 11 is 0. The highest BCUT2D eigenvalue weighted by Crippen LogP contribution is 2.57. The van der Waals surface area contributed by atoms with E-state index in [1.54, 1.807) is 0 Å². The number of hydrogen-bond acceptors (Lipinski definition) is 2. The first-order valence-electron chi connectivity index (χ1n) is 8.08. The van der Waals surface area contributed by atoms with E-state index < -0.39 is 0 Å². The fourth-order valence-electron chi connectivity index (χ4n) is 4.27. The summed E-state index contributed by atoms with van der Waals surface area (Å²) in [5.74, 6) is 4.22. The lowest BCUT2D eigenvalue weighted by molar-refractivity contribution is 0.424. The van der Waals surface area contributed by atoms with Crippen LogP contribution in [0.3, 0.4) is 0 Å². The molecule has 1 heterocycles. The second-order valence-electron chi connectivity index (χ2n) is 6.19. The monoisotopic (exact) mass is 261 g/mol. The molecular weight excluding hydrogens is 234 g/mol. The molecule has 0 amide bonds. The van der Waals surface area contributed by atoms with Gasteiger partial charge in [0.15, 0.2) is 0 Å². The molecule has 2 saturated carbocycles. The molecule has 2 fully saturated rings. The number of hydrogen-bond donors (Lipinski definition) is 1. The van der Waals surface area contributed by atoms with Gasteiger partial charge in [0, 0.05) is 31.4 Å². The zero-order chi connectivity index (χ0) is 13.2. The van der Waals surface area contributed by atoms with Crippen LogP contribution < -0.4 is 5.32 Å². The predicted molar refractivity (Wildman–Crippen MR) is 78.0 cm³/mol. The van der Waals surface area contributed by atoms with Crippen molar-refractivity contribution in [2.45, 2.75) is 58.5 Å². The molecule has 3 rings (SSSR count). The topological polar surface area (TPSA) is 29.9 Å². The first-order valence-corrected chi connectivity index (χ1v) is 8.08. The lowest BCUT2D eigenvalue weighted by Gasteiger charge is -2.18. The highest BCUT2D eigenvalue weighted by atomic mass is 15.1. The van der Waals surface area contributed by atoms with Crippen LogP contribution in [0.2, 0.25) is 0 Å². The number of likely N-dealkylation sites (N-methyl/N-ethyl adjacent to an activating group) is 1. The van der Waals surface area contributed by atoms with E-state index in [-0.39, 0.29) is 0 Å². The van der Waals surface area contributed by atoms with E-state index in [9.17, 15) is 0 Å². The summed E-state index contributed by atoms with van der Waals surface area (Å²) in [7, 11) is 0. The molecule has 0 bridgehead atoms. The molecule has 0 aliphatic heterocycles. The maximum absolute atomic E-state index is 4.56. The van der Waals surface area contributed by atoms with Gasteiger partial charge in [0.2, 0.25) is 0 Å². The molecule has 19 heavy (non-hydrogen) atoms. The minimum atomic E-state index is 0.644. The van der Waals surface area contributed by atoms with Gasteiger partial charge in [0.25, 0.3) is 0 Å². The van der Waals surface area contributed by atoms with E-state index in [0.29, 0.717) is 6.04 Å². The van der Waals surface area contributed by atoms with Gasteiger partial charge in [-0.3, -0.25) is 0 Å². The lowest BCUT2D eigenvalue weighted by Crippen LogP contribution is -2.35. The van der Waals surface area contributed by atoms with Gasteiger partial charge in [-0.2, -0.15) is 0 Å². The molecular formula is C16H27N3. The fourth-order valence-corrected chi connectivity index (χ4v) is 4.27. The molecule has 0 aromatic carbocycles. The third-order valence-electron chi connectivity index (χ3n) is 5.20. The lowest BCUT2D eigenvalue weighted by atomic mass is 10.0. The summed E-state index contributed by atoms with van der Waals surface area (Å²) in [6, 6.07) is 0.644. The van der Waals surface area contributed by atoms with Crippen molar-refractivity contribution < 1.29 is 0 Å². The van der Waals surface area contributed by atoms with Crippen LogP contribution in [-0.2, 0) is 13.0 Å². The third kappa shape index (κ3) is 2.58. The summed E-state index contributed by atoms with van der Waals surface area (Å²) in [6.07, 6.45) is 11.0. The summed E-state index contributed by atoms with van der Waals surface area (Å²) in [4.78, 5) is 4.56. The van der Waals surface area contributed by atoms with E-state index >= 15 is 0 Å². The first-order chi connectivity index (χ1) is 9.35. The fraction of sp³-hybridized carbons (Fsp3) is 0.812. The smallest absolute Gasteiger partial charge is 0.110 e. The highest BCUT2D eigenvalue weighted by Gasteiger charge is 2.53. The van der Waals surface area contributed by atoms with Crippen molar-refractivity contribution in [2.75, 3.05) is 6.54 Å². The van der Waals surface area contributed by atoms with Crippen molar-refractivity contribution in [3.05, 3.63) is 18.2 Å². The van der Waals surface area contributed by atoms with E-state index in [0.717, 1.165) is 37.3 Å². The maximum atomic E-state index is 4.56. The molecule has 0 radical (unpaired) electrons. The SMILES string of the molecule is CCNC(Cc1nccn1CC)C1C2CCCCC21. The Labute approximate surface area is 116 Å². The normalized spacial score (nSPS) is 30.9. The van der Waals surface area contributed by atoms with Crippen molar-refractivity contribution >= 4 is 0 Å². The second-order valence-corrected chi connectivity index (χ2v) is 6.19. The van der Waals surface area contributed by atoms with Gasteiger partial charge >= 0.3 is 0 Å². The van der Waals surface area contributed by atoms with Gasteiger partial charge in [0.1, 0.15) is 5.82 Å². The molecule has 1 N–H and O–H groups in total. The van der Waals surface area contributed by atoms with Gasteiger partial charge in [-0.25, -0.2) is 4.98 Å². The molecule has 3 atom stereocenters. The van der Waals surface area contributed by atoms with Crippen molar-refractivity contribution in [2.24, 2.45) is 17.8 Å². The van der Waals surface area contributed by atoms with E-state index in [4.69, 9.17) is 0 Å². The molecule has 3 heteroatoms. The molecule has 3 nitrogen and oxygen atoms in total. The molecule has 2 aliphatic carbocycles. The molecule has 1 aromatic rings. The molecule has 0 spiro atoms. The molecule has 1 aromatic heterocycles. The van der Waals surface area contributed by atoms with Gasteiger partial charge in [-0.05, 0) is 44.1 Å². The average molecular weight is 261 g/mol. The number of nitrogens with zero attached hydrogens (tertiary/aromatic N) is 2. The Morgan fingerprint density at radius 1 is 1.32 bits per heavy atom. The average Bonchev–Trinajstić information content (AvgIpc) is 2.99. The predicted octanol–water partition coefficient (Wildman–Crippen LogP) is 2.86. The zero-order valence-electron chi connectivity index (χ0n) is 12.3. The minimum absolute atomic E-state index is 0.644. The number of nitrogens with one attached hydrogen (secondary N) is 1. The van der Waals surface area contributed by atoms with Crippen LogP contribution in [0.15, 0.2) is 12.4 Å². The van der Waals surface area contributed by atoms with Gasteiger partial charge in [-0.15, -0.1) is 0 Å². The van der Waals surface area contributed by atoms with Crippen molar-refractivity contribution in [1.29, 1.82) is 0 Å². The Morgan fingerprint density at radius 3 is 2.68 bits per heavy atom. The second kappa shape index (κ2) is 5.66. The number of imidazole rings is 1. The number of fused-ring (bicyclic) bond motifs is 1. The zero-order valence-corrected chi connectivity index (χ0v) is 12.3. The Bertz CT molecular complexity index is 400. The standard InChI is InChI=1S/C16H27N3/c1-3-17-14(11-15-18-9-10-19(15)4-2)16-12-7-5-6-8-13(12)16/h9-10,12-14,16-17H,3-8,11H2,1-2H3. The molecule has 106 valence electrons. The van der Waals surface area contributed by atoms with Crippen LogP contribution >= 0.6 is 0 Å². The van der Waals surface area contributed by atoms with Gasteiger partial charge in [0.05, 0.1) is 0 Å². The largest absolute Gasteiger partial charge is 0.335 e.